The van der Waals surface area contributed by atoms with Crippen molar-refractivity contribution >= 4 is 0 Å². The zero-order valence-corrected chi connectivity index (χ0v) is 11.6. The number of benzene rings is 2. The van der Waals surface area contributed by atoms with Gasteiger partial charge in [-0.3, -0.25) is 0 Å². The van der Waals surface area contributed by atoms with Crippen molar-refractivity contribution < 1.29 is 13.2 Å². The van der Waals surface area contributed by atoms with Gasteiger partial charge in [-0.25, -0.2) is 13.2 Å². The Bertz CT molecular complexity index is 594. The van der Waals surface area contributed by atoms with Crippen LogP contribution < -0.4 is 5.32 Å². The lowest BCUT2D eigenvalue weighted by atomic mass is 9.91. The van der Waals surface area contributed by atoms with Crippen molar-refractivity contribution in [3.05, 3.63) is 70.0 Å². The second kappa shape index (κ2) is 5.67. The van der Waals surface area contributed by atoms with Crippen molar-refractivity contribution in [3.8, 4) is 0 Å². The number of nitrogens with one attached hydrogen (secondary N) is 1. The van der Waals surface area contributed by atoms with Gasteiger partial charge in [-0.15, -0.1) is 0 Å². The van der Waals surface area contributed by atoms with Crippen molar-refractivity contribution in [2.24, 2.45) is 0 Å². The van der Waals surface area contributed by atoms with Gasteiger partial charge in [0.05, 0.1) is 6.04 Å². The molecule has 0 heterocycles. The van der Waals surface area contributed by atoms with E-state index in [0.29, 0.717) is 12.1 Å². The first kappa shape index (κ1) is 14.6. The molecular weight excluding hydrogens is 263 g/mol. The highest BCUT2D eigenvalue weighted by molar-refractivity contribution is 5.42. The molecular formula is C16H16F3N. The first-order valence-corrected chi connectivity index (χ1v) is 6.33. The van der Waals surface area contributed by atoms with Gasteiger partial charge in [-0.1, -0.05) is 18.2 Å². The topological polar surface area (TPSA) is 12.0 Å². The van der Waals surface area contributed by atoms with Gasteiger partial charge >= 0.3 is 0 Å². The number of aryl methyl sites for hydroxylation is 2. The molecule has 106 valence electrons. The summed E-state index contributed by atoms with van der Waals surface area (Å²) in [4.78, 5) is 0. The van der Waals surface area contributed by atoms with Gasteiger partial charge in [0, 0.05) is 17.7 Å². The molecule has 0 spiro atoms. The van der Waals surface area contributed by atoms with Crippen molar-refractivity contribution in [2.75, 3.05) is 7.05 Å². The van der Waals surface area contributed by atoms with Gasteiger partial charge in [0.2, 0.25) is 0 Å². The maximum Gasteiger partial charge on any atom is 0.134 e. The van der Waals surface area contributed by atoms with E-state index in [2.05, 4.69) is 5.32 Å². The fraction of sp³-hybridized carbons (Fsp3) is 0.250. The Morgan fingerprint density at radius 1 is 0.900 bits per heavy atom. The molecule has 0 aromatic heterocycles. The molecule has 0 aliphatic heterocycles. The molecule has 0 aliphatic rings. The molecule has 0 saturated heterocycles. The molecule has 4 heteroatoms. The first-order valence-electron chi connectivity index (χ1n) is 6.33. The number of rotatable bonds is 3. The van der Waals surface area contributed by atoms with E-state index < -0.39 is 23.5 Å². The Morgan fingerprint density at radius 3 is 1.85 bits per heavy atom. The van der Waals surface area contributed by atoms with Gasteiger partial charge in [0.1, 0.15) is 17.5 Å². The number of hydrogen-bond donors (Lipinski definition) is 1. The number of hydrogen-bond acceptors (Lipinski definition) is 1. The Kier molecular flexibility index (Phi) is 4.14. The van der Waals surface area contributed by atoms with Crippen LogP contribution in [0.4, 0.5) is 13.2 Å². The third-order valence-corrected chi connectivity index (χ3v) is 3.45. The highest BCUT2D eigenvalue weighted by Crippen LogP contribution is 2.31. The highest BCUT2D eigenvalue weighted by Gasteiger charge is 2.24. The lowest BCUT2D eigenvalue weighted by Crippen LogP contribution is -2.22. The van der Waals surface area contributed by atoms with E-state index in [0.717, 1.165) is 16.7 Å². The minimum atomic E-state index is -0.917. The van der Waals surface area contributed by atoms with Crippen molar-refractivity contribution in [1.29, 1.82) is 0 Å². The van der Waals surface area contributed by atoms with Gasteiger partial charge in [0.25, 0.3) is 0 Å². The van der Waals surface area contributed by atoms with Crippen LogP contribution in [-0.2, 0) is 0 Å². The smallest absolute Gasteiger partial charge is 0.134 e. The summed E-state index contributed by atoms with van der Waals surface area (Å²) in [5.74, 6) is -2.69. The lowest BCUT2D eigenvalue weighted by molar-refractivity contribution is 0.499. The summed E-state index contributed by atoms with van der Waals surface area (Å²) >= 11 is 0. The van der Waals surface area contributed by atoms with Gasteiger partial charge in [-0.2, -0.15) is 0 Å². The zero-order chi connectivity index (χ0) is 14.9. The monoisotopic (exact) mass is 279 g/mol. The largest absolute Gasteiger partial charge is 0.309 e. The van der Waals surface area contributed by atoms with E-state index in [1.807, 2.05) is 32.0 Å². The molecule has 0 aliphatic carbocycles. The van der Waals surface area contributed by atoms with Crippen LogP contribution in [0.2, 0.25) is 0 Å². The average molecular weight is 279 g/mol. The molecule has 2 rings (SSSR count). The minimum Gasteiger partial charge on any atom is -0.309 e. The Labute approximate surface area is 116 Å². The van der Waals surface area contributed by atoms with Gasteiger partial charge in [-0.05, 0) is 37.6 Å². The Balaban J connectivity index is 2.65. The zero-order valence-electron chi connectivity index (χ0n) is 11.6. The molecule has 0 amide bonds. The Morgan fingerprint density at radius 2 is 1.40 bits per heavy atom. The van der Waals surface area contributed by atoms with Crippen LogP contribution in [0.15, 0.2) is 30.3 Å². The molecule has 1 atom stereocenters. The summed E-state index contributed by atoms with van der Waals surface area (Å²) in [7, 11) is 1.62. The van der Waals surface area contributed by atoms with E-state index in [1.54, 1.807) is 7.05 Å². The van der Waals surface area contributed by atoms with Gasteiger partial charge in [0.15, 0.2) is 0 Å². The highest BCUT2D eigenvalue weighted by atomic mass is 19.1. The molecule has 1 unspecified atom stereocenters. The maximum atomic E-state index is 14.0. The predicted molar refractivity (Wildman–Crippen MR) is 73.1 cm³/mol. The van der Waals surface area contributed by atoms with E-state index in [9.17, 15) is 13.2 Å². The van der Waals surface area contributed by atoms with Crippen molar-refractivity contribution in [2.45, 2.75) is 19.9 Å². The molecule has 0 bridgehead atoms. The summed E-state index contributed by atoms with van der Waals surface area (Å²) in [6.45, 7) is 3.76. The second-order valence-electron chi connectivity index (χ2n) is 4.81. The quantitative estimate of drug-likeness (QED) is 0.894. The summed E-state index contributed by atoms with van der Waals surface area (Å²) < 4.78 is 41.0. The van der Waals surface area contributed by atoms with E-state index in [4.69, 9.17) is 0 Å². The standard InChI is InChI=1S/C16H16F3N/c1-9-5-4-6-10(2)14(9)16(20-3)15-12(18)7-11(17)8-13(15)19/h4-8,16,20H,1-3H3. The predicted octanol–water partition coefficient (Wildman–Crippen LogP) is 4.03. The molecule has 20 heavy (non-hydrogen) atoms. The van der Waals surface area contributed by atoms with Crippen LogP contribution in [0.5, 0.6) is 0 Å². The summed E-state index contributed by atoms with van der Waals surface area (Å²) in [5.41, 5.74) is 2.49. The van der Waals surface area contributed by atoms with Crippen LogP contribution in [0, 0.1) is 31.3 Å². The minimum absolute atomic E-state index is 0.161. The molecule has 2 aromatic carbocycles. The van der Waals surface area contributed by atoms with Crippen LogP contribution >= 0.6 is 0 Å². The third-order valence-electron chi connectivity index (χ3n) is 3.45. The van der Waals surface area contributed by atoms with Crippen LogP contribution in [0.25, 0.3) is 0 Å². The molecule has 1 nitrogen and oxygen atoms in total. The summed E-state index contributed by atoms with van der Waals surface area (Å²) in [6, 6.07) is 6.40. The van der Waals surface area contributed by atoms with E-state index >= 15 is 0 Å². The SMILES string of the molecule is CNC(c1c(C)cccc1C)c1c(F)cc(F)cc1F. The average Bonchev–Trinajstić information content (AvgIpc) is 2.35. The van der Waals surface area contributed by atoms with E-state index in [-0.39, 0.29) is 5.56 Å². The Hall–Kier alpha value is -1.81. The number of halogens is 3. The maximum absolute atomic E-state index is 14.0. The van der Waals surface area contributed by atoms with Crippen LogP contribution in [0.1, 0.15) is 28.3 Å². The fourth-order valence-electron chi connectivity index (χ4n) is 2.54. The fourth-order valence-corrected chi connectivity index (χ4v) is 2.54. The summed E-state index contributed by atoms with van der Waals surface area (Å²) in [5, 5.41) is 2.91. The van der Waals surface area contributed by atoms with E-state index in [1.165, 1.54) is 0 Å². The molecule has 0 radical (unpaired) electrons. The summed E-state index contributed by atoms with van der Waals surface area (Å²) in [6.07, 6.45) is 0. The molecule has 1 N–H and O–H groups in total. The van der Waals surface area contributed by atoms with Crippen molar-refractivity contribution in [1.82, 2.24) is 5.32 Å². The van der Waals surface area contributed by atoms with Crippen molar-refractivity contribution in [3.63, 3.8) is 0 Å². The normalized spacial score (nSPS) is 12.5. The second-order valence-corrected chi connectivity index (χ2v) is 4.81. The molecule has 0 saturated carbocycles. The van der Waals surface area contributed by atoms with Crippen LogP contribution in [-0.4, -0.2) is 7.05 Å². The van der Waals surface area contributed by atoms with Crippen LogP contribution in [0.3, 0.4) is 0 Å². The molecule has 0 fully saturated rings. The third kappa shape index (κ3) is 2.56. The first-order chi connectivity index (χ1) is 9.45. The lowest BCUT2D eigenvalue weighted by Gasteiger charge is -2.22. The molecule has 2 aromatic rings. The van der Waals surface area contributed by atoms with Gasteiger partial charge < -0.3 is 5.32 Å².